The molecule has 6 heterocycles. The summed E-state index contributed by atoms with van der Waals surface area (Å²) in [6.45, 7) is 0. The van der Waals surface area contributed by atoms with Crippen molar-refractivity contribution in [1.29, 1.82) is 0 Å². The second-order valence-electron chi connectivity index (χ2n) is 12.3. The van der Waals surface area contributed by atoms with Gasteiger partial charge in [0.05, 0.1) is 66.2 Å². The highest BCUT2D eigenvalue weighted by atomic mass is 14.9. The van der Waals surface area contributed by atoms with E-state index in [2.05, 4.69) is 60.7 Å². The Hall–Kier alpha value is -6.80. The van der Waals surface area contributed by atoms with E-state index in [4.69, 9.17) is 39.9 Å². The van der Waals surface area contributed by atoms with Gasteiger partial charge in [0, 0.05) is 78.6 Å². The van der Waals surface area contributed by atoms with Gasteiger partial charge in [-0.1, -0.05) is 36.4 Å². The molecule has 12 rings (SSSR count). The molecular weight excluding hydrogens is 592 g/mol. The molecule has 0 aliphatic carbocycles. The summed E-state index contributed by atoms with van der Waals surface area (Å²) in [7, 11) is 0. The molecule has 48 heavy (non-hydrogen) atoms. The first-order valence-electron chi connectivity index (χ1n) is 15.8. The van der Waals surface area contributed by atoms with E-state index in [9.17, 15) is 0 Å². The fraction of sp³-hybridized carbons (Fsp3) is 0. The van der Waals surface area contributed by atoms with Crippen LogP contribution in [0.1, 0.15) is 0 Å². The lowest BCUT2D eigenvalue weighted by atomic mass is 9.91. The van der Waals surface area contributed by atoms with Crippen LogP contribution >= 0.6 is 0 Å². The molecule has 0 N–H and O–H groups in total. The van der Waals surface area contributed by atoms with Crippen LogP contribution in [0.4, 0.5) is 0 Å². The van der Waals surface area contributed by atoms with E-state index in [1.54, 1.807) is 24.8 Å². The first-order chi connectivity index (χ1) is 23.8. The fourth-order valence-electron chi connectivity index (χ4n) is 7.95. The lowest BCUT2D eigenvalue weighted by Crippen LogP contribution is -1.98. The van der Waals surface area contributed by atoms with Gasteiger partial charge in [-0.05, 0) is 48.5 Å². The summed E-state index contributed by atoms with van der Waals surface area (Å²) in [6, 6.07) is 28.8. The summed E-state index contributed by atoms with van der Waals surface area (Å²) in [4.78, 5) is 40.6. The average Bonchev–Trinajstić information content (AvgIpc) is 3.16. The highest BCUT2D eigenvalue weighted by Gasteiger charge is 2.23. The Balaban J connectivity index is 1.34. The second kappa shape index (κ2) is 8.51. The van der Waals surface area contributed by atoms with Crippen molar-refractivity contribution in [3.63, 3.8) is 0 Å². The predicted octanol–water partition coefficient (Wildman–Crippen LogP) is 8.97. The van der Waals surface area contributed by atoms with Gasteiger partial charge in [-0.25, -0.2) is 19.9 Å². The predicted molar refractivity (Wildman–Crippen MR) is 193 cm³/mol. The molecular formula is C40H18N8. The van der Waals surface area contributed by atoms with Gasteiger partial charge in [0.15, 0.2) is 0 Å². The third-order valence-electron chi connectivity index (χ3n) is 9.89. The summed E-state index contributed by atoms with van der Waals surface area (Å²) < 4.78 is 0. The molecule has 8 nitrogen and oxygen atoms in total. The summed E-state index contributed by atoms with van der Waals surface area (Å²) in [5.74, 6) is 0. The van der Waals surface area contributed by atoms with Crippen LogP contribution in [0.3, 0.4) is 0 Å². The molecule has 0 bridgehead atoms. The molecule has 0 saturated carbocycles. The van der Waals surface area contributed by atoms with Gasteiger partial charge in [-0.3, -0.25) is 19.9 Å². The van der Waals surface area contributed by atoms with Crippen molar-refractivity contribution in [2.75, 3.05) is 0 Å². The molecule has 0 fully saturated rings. The van der Waals surface area contributed by atoms with E-state index in [1.807, 2.05) is 24.3 Å². The summed E-state index contributed by atoms with van der Waals surface area (Å²) in [5.41, 5.74) is 9.95. The third-order valence-corrected chi connectivity index (χ3v) is 9.89. The number of aromatic nitrogens is 8. The zero-order valence-corrected chi connectivity index (χ0v) is 25.0. The Morgan fingerprint density at radius 1 is 0.229 bits per heavy atom. The van der Waals surface area contributed by atoms with E-state index in [0.717, 1.165) is 120 Å². The van der Waals surface area contributed by atoms with Crippen LogP contribution in [0.25, 0.3) is 120 Å². The number of fused-ring (bicyclic) bond motifs is 18. The normalized spacial score (nSPS) is 12.6. The number of rotatable bonds is 0. The largest absolute Gasteiger partial charge is 0.254 e. The van der Waals surface area contributed by atoms with Crippen molar-refractivity contribution in [1.82, 2.24) is 39.9 Å². The monoisotopic (exact) mass is 610 g/mol. The van der Waals surface area contributed by atoms with Gasteiger partial charge in [0.25, 0.3) is 0 Å². The highest BCUT2D eigenvalue weighted by molar-refractivity contribution is 6.39. The molecule has 0 spiro atoms. The van der Waals surface area contributed by atoms with E-state index in [-0.39, 0.29) is 0 Å². The van der Waals surface area contributed by atoms with Crippen LogP contribution < -0.4 is 0 Å². The molecule has 0 aliphatic rings. The van der Waals surface area contributed by atoms with Gasteiger partial charge in [-0.2, -0.15) is 0 Å². The summed E-state index contributed by atoms with van der Waals surface area (Å²) >= 11 is 0. The Morgan fingerprint density at radius 2 is 0.458 bits per heavy atom. The third kappa shape index (κ3) is 2.87. The maximum absolute atomic E-state index is 5.43. The Morgan fingerprint density at radius 3 is 0.729 bits per heavy atom. The van der Waals surface area contributed by atoms with Crippen molar-refractivity contribution in [3.8, 4) is 0 Å². The molecule has 0 amide bonds. The van der Waals surface area contributed by atoms with Gasteiger partial charge in [0.2, 0.25) is 0 Å². The molecule has 6 aromatic carbocycles. The molecule has 0 unspecified atom stereocenters. The molecule has 0 radical (unpaired) electrons. The lowest BCUT2D eigenvalue weighted by molar-refractivity contribution is 1.36. The number of benzene rings is 6. The van der Waals surface area contributed by atoms with E-state index >= 15 is 0 Å². The quantitative estimate of drug-likeness (QED) is 0.124. The van der Waals surface area contributed by atoms with Crippen LogP contribution in [0.15, 0.2) is 110 Å². The maximum atomic E-state index is 5.43. The molecule has 0 atom stereocenters. The SMILES string of the molecule is c1cnc2c(c1)c1nc3c4cccc5c6nc7c8cccnc8c8ncccc8c7nc6c6cccc(c3nc1c1cccnc12)c6c45. The number of hydrogen-bond donors (Lipinski definition) is 0. The average molecular weight is 611 g/mol. The summed E-state index contributed by atoms with van der Waals surface area (Å²) in [6.07, 6.45) is 7.22. The van der Waals surface area contributed by atoms with Crippen molar-refractivity contribution in [2.24, 2.45) is 0 Å². The van der Waals surface area contributed by atoms with Crippen molar-refractivity contribution in [3.05, 3.63) is 110 Å². The number of pyridine rings is 4. The lowest BCUT2D eigenvalue weighted by Gasteiger charge is -2.17. The molecule has 218 valence electrons. The standard InChI is InChI=1S/C40H18N8/c1-7-19-27-20(8-1)34-36(48-40-26-14-6-18-44-32(26)30-24(38(40)46-34)12-4-16-42-30)22-10-2-9-21(28(22)27)35-33(19)45-37-23-11-3-15-41-29(23)31-25(39(37)47-35)13-5-17-43-31/h1-18H. The first-order valence-corrected chi connectivity index (χ1v) is 15.8. The molecule has 0 saturated heterocycles. The molecule has 8 heteroatoms. The van der Waals surface area contributed by atoms with Gasteiger partial charge in [-0.15, -0.1) is 0 Å². The van der Waals surface area contributed by atoms with Gasteiger partial charge < -0.3 is 0 Å². The van der Waals surface area contributed by atoms with E-state index in [1.165, 1.54) is 0 Å². The smallest absolute Gasteiger partial charge is 0.0996 e. The summed E-state index contributed by atoms with van der Waals surface area (Å²) in [5, 5.41) is 10.1. The first kappa shape index (κ1) is 24.4. The zero-order chi connectivity index (χ0) is 31.1. The maximum Gasteiger partial charge on any atom is 0.0996 e. The van der Waals surface area contributed by atoms with Crippen LogP contribution in [-0.4, -0.2) is 39.9 Å². The molecule has 0 aliphatic heterocycles. The minimum absolute atomic E-state index is 0.816. The van der Waals surface area contributed by atoms with Crippen molar-refractivity contribution >= 4 is 120 Å². The topological polar surface area (TPSA) is 103 Å². The number of hydrogen-bond acceptors (Lipinski definition) is 8. The number of nitrogens with zero attached hydrogens (tertiary/aromatic N) is 8. The van der Waals surface area contributed by atoms with Crippen molar-refractivity contribution in [2.45, 2.75) is 0 Å². The van der Waals surface area contributed by atoms with Crippen LogP contribution in [-0.2, 0) is 0 Å². The zero-order valence-electron chi connectivity index (χ0n) is 25.0. The van der Waals surface area contributed by atoms with E-state index in [0.29, 0.717) is 0 Å². The van der Waals surface area contributed by atoms with Gasteiger partial charge >= 0.3 is 0 Å². The second-order valence-corrected chi connectivity index (χ2v) is 12.3. The molecule has 12 aromatic rings. The van der Waals surface area contributed by atoms with Gasteiger partial charge in [0.1, 0.15) is 0 Å². The van der Waals surface area contributed by atoms with Crippen LogP contribution in [0.2, 0.25) is 0 Å². The highest BCUT2D eigenvalue weighted by Crippen LogP contribution is 2.45. The molecule has 6 aromatic heterocycles. The fourth-order valence-corrected chi connectivity index (χ4v) is 7.95. The minimum Gasteiger partial charge on any atom is -0.254 e. The Kier molecular flexibility index (Phi) is 4.33. The van der Waals surface area contributed by atoms with Crippen LogP contribution in [0.5, 0.6) is 0 Å². The van der Waals surface area contributed by atoms with E-state index < -0.39 is 0 Å². The Labute approximate surface area is 269 Å². The van der Waals surface area contributed by atoms with Crippen LogP contribution in [0, 0.1) is 0 Å². The Bertz CT molecular complexity index is 2970. The van der Waals surface area contributed by atoms with Crippen molar-refractivity contribution < 1.29 is 0 Å². The minimum atomic E-state index is 0.816.